The van der Waals surface area contributed by atoms with Gasteiger partial charge in [-0.05, 0) is 40.3 Å². The van der Waals surface area contributed by atoms with Crippen LogP contribution in [0.15, 0.2) is 29.8 Å². The van der Waals surface area contributed by atoms with Crippen molar-refractivity contribution in [3.05, 3.63) is 39.0 Å². The van der Waals surface area contributed by atoms with Gasteiger partial charge in [0.25, 0.3) is 5.91 Å². The minimum absolute atomic E-state index is 0.0332. The Morgan fingerprint density at radius 2 is 2.14 bits per heavy atom. The summed E-state index contributed by atoms with van der Waals surface area (Å²) in [7, 11) is 0. The first-order chi connectivity index (χ1) is 6.65. The van der Waals surface area contributed by atoms with E-state index in [-0.39, 0.29) is 5.57 Å². The van der Waals surface area contributed by atoms with E-state index in [1.165, 1.54) is 6.08 Å². The quantitative estimate of drug-likeness (QED) is 0.513. The summed E-state index contributed by atoms with van der Waals surface area (Å²) in [6, 6.07) is 9.19. The smallest absolute Gasteiger partial charge is 0.259 e. The summed E-state index contributed by atoms with van der Waals surface area (Å²) in [5, 5.41) is 8.63. The summed E-state index contributed by atoms with van der Waals surface area (Å²) in [5.41, 5.74) is 5.80. The number of nitrogens with two attached hydrogens (primary N) is 1. The van der Waals surface area contributed by atoms with Gasteiger partial charge in [0.05, 0.1) is 0 Å². The van der Waals surface area contributed by atoms with Crippen LogP contribution in [0.3, 0.4) is 0 Å². The third kappa shape index (κ3) is 2.57. The van der Waals surface area contributed by atoms with Crippen LogP contribution < -0.4 is 5.73 Å². The fourth-order valence-corrected chi connectivity index (χ4v) is 1.45. The Bertz CT molecular complexity index is 432. The first-order valence-corrected chi connectivity index (χ1v) is 4.89. The van der Waals surface area contributed by atoms with Crippen molar-refractivity contribution in [2.75, 3.05) is 0 Å². The van der Waals surface area contributed by atoms with Crippen molar-refractivity contribution in [2.24, 2.45) is 5.73 Å². The van der Waals surface area contributed by atoms with Crippen LogP contribution in [0, 0.1) is 14.9 Å². The van der Waals surface area contributed by atoms with Gasteiger partial charge in [0, 0.05) is 3.57 Å². The molecule has 2 N–H and O–H groups in total. The van der Waals surface area contributed by atoms with Crippen molar-refractivity contribution < 1.29 is 4.79 Å². The second kappa shape index (κ2) is 4.77. The molecule has 0 aliphatic rings. The van der Waals surface area contributed by atoms with Crippen molar-refractivity contribution >= 4 is 34.6 Å². The predicted molar refractivity (Wildman–Crippen MR) is 61.9 cm³/mol. The second-order valence-corrected chi connectivity index (χ2v) is 3.72. The van der Waals surface area contributed by atoms with Crippen LogP contribution >= 0.6 is 22.6 Å². The van der Waals surface area contributed by atoms with Crippen molar-refractivity contribution in [3.63, 3.8) is 0 Å². The summed E-state index contributed by atoms with van der Waals surface area (Å²) in [5.74, 6) is -0.702. The number of nitriles is 1. The highest BCUT2D eigenvalue weighted by Gasteiger charge is 2.04. The molecule has 0 aromatic heterocycles. The Hall–Kier alpha value is -1.35. The molecule has 14 heavy (non-hydrogen) atoms. The number of amides is 1. The Morgan fingerprint density at radius 3 is 2.64 bits per heavy atom. The fourth-order valence-electron chi connectivity index (χ4n) is 0.906. The van der Waals surface area contributed by atoms with Gasteiger partial charge in [-0.1, -0.05) is 18.2 Å². The summed E-state index contributed by atoms with van der Waals surface area (Å²) >= 11 is 2.13. The number of halogens is 1. The van der Waals surface area contributed by atoms with Crippen molar-refractivity contribution in [3.8, 4) is 6.07 Å². The molecule has 0 unspecified atom stereocenters. The number of benzene rings is 1. The van der Waals surface area contributed by atoms with Crippen LogP contribution in [0.25, 0.3) is 6.08 Å². The van der Waals surface area contributed by atoms with Crippen LogP contribution in [0.1, 0.15) is 5.56 Å². The molecular formula is C10H7IN2O. The Morgan fingerprint density at radius 1 is 1.50 bits per heavy atom. The van der Waals surface area contributed by atoms with Crippen LogP contribution in [0.4, 0.5) is 0 Å². The molecular weight excluding hydrogens is 291 g/mol. The fraction of sp³-hybridized carbons (Fsp3) is 0. The highest BCUT2D eigenvalue weighted by molar-refractivity contribution is 14.1. The third-order valence-corrected chi connectivity index (χ3v) is 2.57. The van der Waals surface area contributed by atoms with E-state index in [1.54, 1.807) is 6.07 Å². The molecule has 0 aliphatic heterocycles. The zero-order valence-corrected chi connectivity index (χ0v) is 9.36. The van der Waals surface area contributed by atoms with Gasteiger partial charge in [-0.25, -0.2) is 0 Å². The van der Waals surface area contributed by atoms with E-state index in [4.69, 9.17) is 11.0 Å². The van der Waals surface area contributed by atoms with E-state index in [2.05, 4.69) is 22.6 Å². The number of nitrogens with zero attached hydrogens (tertiary/aromatic N) is 1. The van der Waals surface area contributed by atoms with Crippen LogP contribution in [-0.4, -0.2) is 5.91 Å². The Balaban J connectivity index is 3.15. The number of hydrogen-bond donors (Lipinski definition) is 1. The summed E-state index contributed by atoms with van der Waals surface area (Å²) < 4.78 is 0.971. The second-order valence-electron chi connectivity index (χ2n) is 2.56. The molecule has 0 spiro atoms. The first kappa shape index (κ1) is 10.7. The lowest BCUT2D eigenvalue weighted by atomic mass is 10.1. The number of carbonyl (C=O) groups is 1. The maximum atomic E-state index is 10.8. The normalized spacial score (nSPS) is 10.7. The maximum absolute atomic E-state index is 10.8. The molecule has 1 amide bonds. The molecule has 0 saturated heterocycles. The molecule has 3 nitrogen and oxygen atoms in total. The van der Waals surface area contributed by atoms with E-state index >= 15 is 0 Å². The van der Waals surface area contributed by atoms with E-state index < -0.39 is 5.91 Å². The topological polar surface area (TPSA) is 66.9 Å². The number of primary amides is 1. The highest BCUT2D eigenvalue weighted by Crippen LogP contribution is 2.14. The average molecular weight is 298 g/mol. The zero-order chi connectivity index (χ0) is 10.6. The molecule has 4 heteroatoms. The van der Waals surface area contributed by atoms with Gasteiger partial charge in [0.1, 0.15) is 11.6 Å². The molecule has 0 heterocycles. The largest absolute Gasteiger partial charge is 0.365 e. The van der Waals surface area contributed by atoms with Gasteiger partial charge in [0.2, 0.25) is 0 Å². The predicted octanol–water partition coefficient (Wildman–Crippen LogP) is 1.68. The van der Waals surface area contributed by atoms with Crippen molar-refractivity contribution in [1.29, 1.82) is 5.26 Å². The molecule has 0 atom stereocenters. The Labute approximate surface area is 95.4 Å². The lowest BCUT2D eigenvalue weighted by Crippen LogP contribution is -2.12. The van der Waals surface area contributed by atoms with Crippen LogP contribution in [0.5, 0.6) is 0 Å². The minimum atomic E-state index is -0.702. The number of hydrogen-bond acceptors (Lipinski definition) is 2. The van der Waals surface area contributed by atoms with E-state index in [9.17, 15) is 4.79 Å². The molecule has 1 aromatic rings. The lowest BCUT2D eigenvalue weighted by molar-refractivity contribution is -0.114. The summed E-state index contributed by atoms with van der Waals surface area (Å²) in [4.78, 5) is 10.8. The molecule has 0 bridgehead atoms. The lowest BCUT2D eigenvalue weighted by Gasteiger charge is -1.97. The molecule has 1 rings (SSSR count). The molecule has 0 aliphatic carbocycles. The first-order valence-electron chi connectivity index (χ1n) is 3.81. The molecule has 0 fully saturated rings. The van der Waals surface area contributed by atoms with Crippen LogP contribution in [0.2, 0.25) is 0 Å². The van der Waals surface area contributed by atoms with Gasteiger partial charge in [-0.2, -0.15) is 5.26 Å². The van der Waals surface area contributed by atoms with Gasteiger partial charge in [-0.3, -0.25) is 4.79 Å². The van der Waals surface area contributed by atoms with E-state index in [0.29, 0.717) is 0 Å². The van der Waals surface area contributed by atoms with Gasteiger partial charge in [-0.15, -0.1) is 0 Å². The minimum Gasteiger partial charge on any atom is -0.365 e. The van der Waals surface area contributed by atoms with Crippen molar-refractivity contribution in [1.82, 2.24) is 0 Å². The molecule has 70 valence electrons. The number of carbonyl (C=O) groups excluding carboxylic acids is 1. The monoisotopic (exact) mass is 298 g/mol. The summed E-state index contributed by atoms with van der Waals surface area (Å²) in [6.45, 7) is 0. The van der Waals surface area contributed by atoms with Crippen LogP contribution in [-0.2, 0) is 4.79 Å². The van der Waals surface area contributed by atoms with Crippen molar-refractivity contribution in [2.45, 2.75) is 0 Å². The van der Waals surface area contributed by atoms with Gasteiger partial charge in [0.15, 0.2) is 0 Å². The average Bonchev–Trinajstić information content (AvgIpc) is 2.16. The SMILES string of the molecule is N#C/C(=C/c1ccccc1I)C(N)=O. The van der Waals surface area contributed by atoms with Gasteiger partial charge < -0.3 is 5.73 Å². The molecule has 0 radical (unpaired) electrons. The zero-order valence-electron chi connectivity index (χ0n) is 7.20. The Kier molecular flexibility index (Phi) is 3.65. The molecule has 1 aromatic carbocycles. The third-order valence-electron chi connectivity index (χ3n) is 1.59. The number of rotatable bonds is 2. The van der Waals surface area contributed by atoms with E-state index in [1.807, 2.05) is 24.3 Å². The van der Waals surface area contributed by atoms with Gasteiger partial charge >= 0.3 is 0 Å². The standard InChI is InChI=1S/C10H7IN2O/c11-9-4-2-1-3-7(9)5-8(6-12)10(13)14/h1-5H,(H2,13,14)/b8-5-. The van der Waals surface area contributed by atoms with E-state index in [0.717, 1.165) is 9.13 Å². The highest BCUT2D eigenvalue weighted by atomic mass is 127. The summed E-state index contributed by atoms with van der Waals surface area (Å²) in [6.07, 6.45) is 1.49. The molecule has 0 saturated carbocycles. The maximum Gasteiger partial charge on any atom is 0.259 e.